The molecule has 1 aliphatic rings. The van der Waals surface area contributed by atoms with E-state index in [0.717, 1.165) is 4.90 Å². The van der Waals surface area contributed by atoms with Crippen LogP contribution in [0.3, 0.4) is 0 Å². The van der Waals surface area contributed by atoms with Crippen LogP contribution in [0.5, 0.6) is 0 Å². The van der Waals surface area contributed by atoms with Crippen LogP contribution in [0.4, 0.5) is 13.2 Å². The van der Waals surface area contributed by atoms with Gasteiger partial charge in [-0.2, -0.15) is 13.2 Å². The minimum absolute atomic E-state index is 0.125. The number of carbonyl (C=O) groups excluding carboxylic acids is 1. The highest BCUT2D eigenvalue weighted by Crippen LogP contribution is 2.20. The monoisotopic (exact) mass is 196 g/mol. The van der Waals surface area contributed by atoms with Gasteiger partial charge in [-0.25, -0.2) is 0 Å². The van der Waals surface area contributed by atoms with Crippen LogP contribution in [0, 0.1) is 0 Å². The minimum Gasteiger partial charge on any atom is -0.330 e. The largest absolute Gasteiger partial charge is 0.471 e. The lowest BCUT2D eigenvalue weighted by Gasteiger charge is -2.34. The fraction of sp³-hybridized carbons (Fsp3) is 0.857. The van der Waals surface area contributed by atoms with Crippen LogP contribution in [0.15, 0.2) is 0 Å². The number of nitrogens with zero attached hydrogens (tertiary/aromatic N) is 1. The van der Waals surface area contributed by atoms with Gasteiger partial charge in [0, 0.05) is 25.7 Å². The SMILES string of the molecule is CC1CNCCN1C(=O)C(F)(F)F. The summed E-state index contributed by atoms with van der Waals surface area (Å²) in [7, 11) is 0. The van der Waals surface area contributed by atoms with E-state index in [1.807, 2.05) is 0 Å². The number of alkyl halides is 3. The fourth-order valence-corrected chi connectivity index (χ4v) is 1.31. The summed E-state index contributed by atoms with van der Waals surface area (Å²) < 4.78 is 36.0. The average Bonchev–Trinajstić information content (AvgIpc) is 2.02. The van der Waals surface area contributed by atoms with E-state index in [0.29, 0.717) is 13.1 Å². The molecule has 1 unspecified atom stereocenters. The molecule has 0 aromatic rings. The van der Waals surface area contributed by atoms with Gasteiger partial charge in [0.1, 0.15) is 0 Å². The van der Waals surface area contributed by atoms with E-state index in [1.165, 1.54) is 0 Å². The molecule has 0 bridgehead atoms. The number of piperazine rings is 1. The van der Waals surface area contributed by atoms with Crippen LogP contribution in [0.2, 0.25) is 0 Å². The molecule has 0 aromatic heterocycles. The second-order valence-corrected chi connectivity index (χ2v) is 3.05. The van der Waals surface area contributed by atoms with E-state index in [9.17, 15) is 18.0 Å². The summed E-state index contributed by atoms with van der Waals surface area (Å²) in [5, 5.41) is 2.91. The number of hydrogen-bond acceptors (Lipinski definition) is 2. The number of amides is 1. The van der Waals surface area contributed by atoms with Gasteiger partial charge < -0.3 is 10.2 Å². The van der Waals surface area contributed by atoms with Crippen molar-refractivity contribution in [3.63, 3.8) is 0 Å². The van der Waals surface area contributed by atoms with E-state index in [2.05, 4.69) is 5.32 Å². The van der Waals surface area contributed by atoms with Crippen molar-refractivity contribution in [1.29, 1.82) is 0 Å². The van der Waals surface area contributed by atoms with Gasteiger partial charge in [0.2, 0.25) is 0 Å². The second-order valence-electron chi connectivity index (χ2n) is 3.05. The number of halogens is 3. The van der Waals surface area contributed by atoms with Crippen molar-refractivity contribution < 1.29 is 18.0 Å². The van der Waals surface area contributed by atoms with Crippen LogP contribution < -0.4 is 5.32 Å². The molecule has 3 nitrogen and oxygen atoms in total. The second kappa shape index (κ2) is 3.53. The predicted octanol–water partition coefficient (Wildman–Crippen LogP) is 0.369. The molecule has 1 rings (SSSR count). The Morgan fingerprint density at radius 2 is 2.15 bits per heavy atom. The van der Waals surface area contributed by atoms with Crippen molar-refractivity contribution >= 4 is 5.91 Å². The first kappa shape index (κ1) is 10.3. The quantitative estimate of drug-likeness (QED) is 0.607. The van der Waals surface area contributed by atoms with Crippen molar-refractivity contribution in [2.24, 2.45) is 0 Å². The zero-order valence-corrected chi connectivity index (χ0v) is 7.19. The maximum Gasteiger partial charge on any atom is 0.471 e. The molecule has 1 amide bonds. The lowest BCUT2D eigenvalue weighted by atomic mass is 10.2. The van der Waals surface area contributed by atoms with E-state index < -0.39 is 12.1 Å². The maximum absolute atomic E-state index is 12.0. The van der Waals surface area contributed by atoms with Crippen molar-refractivity contribution in [2.75, 3.05) is 19.6 Å². The number of nitrogens with one attached hydrogen (secondary N) is 1. The smallest absolute Gasteiger partial charge is 0.330 e. The predicted molar refractivity (Wildman–Crippen MR) is 40.1 cm³/mol. The summed E-state index contributed by atoms with van der Waals surface area (Å²) in [6, 6.07) is -0.386. The Labute approximate surface area is 73.9 Å². The van der Waals surface area contributed by atoms with Crippen LogP contribution >= 0.6 is 0 Å². The summed E-state index contributed by atoms with van der Waals surface area (Å²) in [4.78, 5) is 11.7. The lowest BCUT2D eigenvalue weighted by Crippen LogP contribution is -2.55. The average molecular weight is 196 g/mol. The van der Waals surface area contributed by atoms with Crippen molar-refractivity contribution in [3.05, 3.63) is 0 Å². The van der Waals surface area contributed by atoms with E-state index in [1.54, 1.807) is 6.92 Å². The molecule has 76 valence electrons. The molecule has 6 heteroatoms. The van der Waals surface area contributed by atoms with Gasteiger partial charge in [-0.3, -0.25) is 4.79 Å². The molecular weight excluding hydrogens is 185 g/mol. The van der Waals surface area contributed by atoms with Gasteiger partial charge in [0.15, 0.2) is 0 Å². The van der Waals surface area contributed by atoms with Crippen LogP contribution in [0.1, 0.15) is 6.92 Å². The molecule has 1 saturated heterocycles. The molecule has 13 heavy (non-hydrogen) atoms. The summed E-state index contributed by atoms with van der Waals surface area (Å²) in [6.45, 7) is 2.56. The highest BCUT2D eigenvalue weighted by atomic mass is 19.4. The Morgan fingerprint density at radius 1 is 1.54 bits per heavy atom. The van der Waals surface area contributed by atoms with Gasteiger partial charge >= 0.3 is 12.1 Å². The highest BCUT2D eigenvalue weighted by molar-refractivity contribution is 5.82. The molecule has 1 fully saturated rings. The molecule has 1 N–H and O–H groups in total. The normalized spacial score (nSPS) is 24.6. The number of hydrogen-bond donors (Lipinski definition) is 1. The van der Waals surface area contributed by atoms with E-state index >= 15 is 0 Å². The Hall–Kier alpha value is -0.780. The van der Waals surface area contributed by atoms with E-state index in [4.69, 9.17) is 0 Å². The summed E-state index contributed by atoms with van der Waals surface area (Å²) in [5.41, 5.74) is 0. The number of rotatable bonds is 0. The van der Waals surface area contributed by atoms with Gasteiger partial charge in [0.25, 0.3) is 0 Å². The number of carbonyl (C=O) groups is 1. The zero-order valence-electron chi connectivity index (χ0n) is 7.19. The summed E-state index contributed by atoms with van der Waals surface area (Å²) in [6.07, 6.45) is -4.74. The molecule has 0 aromatic carbocycles. The Balaban J connectivity index is 2.64. The van der Waals surface area contributed by atoms with Crippen molar-refractivity contribution in [3.8, 4) is 0 Å². The van der Waals surface area contributed by atoms with Crippen molar-refractivity contribution in [2.45, 2.75) is 19.1 Å². The van der Waals surface area contributed by atoms with Crippen LogP contribution in [0.25, 0.3) is 0 Å². The zero-order chi connectivity index (χ0) is 10.1. The molecule has 1 atom stereocenters. The van der Waals surface area contributed by atoms with E-state index in [-0.39, 0.29) is 12.6 Å². The lowest BCUT2D eigenvalue weighted by molar-refractivity contribution is -0.188. The van der Waals surface area contributed by atoms with Gasteiger partial charge in [-0.05, 0) is 6.92 Å². The standard InChI is InChI=1S/C7H11F3N2O/c1-5-4-11-2-3-12(5)6(13)7(8,9)10/h5,11H,2-4H2,1H3. The molecule has 0 spiro atoms. The van der Waals surface area contributed by atoms with Gasteiger partial charge in [-0.15, -0.1) is 0 Å². The first-order valence-electron chi connectivity index (χ1n) is 4.01. The third-order valence-electron chi connectivity index (χ3n) is 2.00. The molecule has 0 saturated carbocycles. The Kier molecular flexibility index (Phi) is 2.80. The first-order chi connectivity index (χ1) is 5.93. The topological polar surface area (TPSA) is 32.3 Å². The molecule has 1 aliphatic heterocycles. The highest BCUT2D eigenvalue weighted by Gasteiger charge is 2.44. The molecular formula is C7H11F3N2O. The van der Waals surface area contributed by atoms with Crippen molar-refractivity contribution in [1.82, 2.24) is 10.2 Å². The van der Waals surface area contributed by atoms with Gasteiger partial charge in [-0.1, -0.05) is 0 Å². The third-order valence-corrected chi connectivity index (χ3v) is 2.00. The first-order valence-corrected chi connectivity index (χ1v) is 4.01. The summed E-state index contributed by atoms with van der Waals surface area (Å²) in [5.74, 6) is -1.73. The third kappa shape index (κ3) is 2.33. The molecule has 0 aliphatic carbocycles. The molecule has 1 heterocycles. The Morgan fingerprint density at radius 3 is 2.62 bits per heavy atom. The summed E-state index contributed by atoms with van der Waals surface area (Å²) >= 11 is 0. The minimum atomic E-state index is -4.74. The Bertz CT molecular complexity index is 204. The fourth-order valence-electron chi connectivity index (χ4n) is 1.31. The van der Waals surface area contributed by atoms with Gasteiger partial charge in [0.05, 0.1) is 0 Å². The molecule has 0 radical (unpaired) electrons. The van der Waals surface area contributed by atoms with Crippen LogP contribution in [-0.4, -0.2) is 42.7 Å². The van der Waals surface area contributed by atoms with Crippen LogP contribution in [-0.2, 0) is 4.79 Å². The maximum atomic E-state index is 12.0.